The number of morpholine rings is 1. The molecule has 0 atom stereocenters. The monoisotopic (exact) mass is 294 g/mol. The predicted molar refractivity (Wildman–Crippen MR) is 77.7 cm³/mol. The lowest BCUT2D eigenvalue weighted by Gasteiger charge is -2.44. The van der Waals surface area contributed by atoms with Crippen molar-refractivity contribution in [2.45, 2.75) is 25.0 Å². The molecule has 2 heterocycles. The lowest BCUT2D eigenvalue weighted by Crippen LogP contribution is -2.57. The Morgan fingerprint density at radius 3 is 2.90 bits per heavy atom. The number of amides is 1. The number of nitrogens with zero attached hydrogens (tertiary/aromatic N) is 1. The second-order valence-corrected chi connectivity index (χ2v) is 6.04. The number of carbonyl (C=O) groups is 1. The largest absolute Gasteiger partial charge is 0.363 e. The highest BCUT2D eigenvalue weighted by molar-refractivity contribution is 6.30. The maximum Gasteiger partial charge on any atom is 0.248 e. The van der Waals surface area contributed by atoms with Gasteiger partial charge in [0, 0.05) is 11.6 Å². The van der Waals surface area contributed by atoms with Crippen LogP contribution < -0.4 is 5.32 Å². The van der Waals surface area contributed by atoms with Crippen LogP contribution in [-0.4, -0.2) is 42.6 Å². The van der Waals surface area contributed by atoms with Crippen LogP contribution in [0.15, 0.2) is 24.3 Å². The number of ether oxygens (including phenoxy) is 1. The molecule has 5 heteroatoms. The van der Waals surface area contributed by atoms with E-state index >= 15 is 0 Å². The van der Waals surface area contributed by atoms with Gasteiger partial charge < -0.3 is 15.0 Å². The van der Waals surface area contributed by atoms with Gasteiger partial charge in [-0.1, -0.05) is 23.7 Å². The summed E-state index contributed by atoms with van der Waals surface area (Å²) in [7, 11) is 0. The minimum absolute atomic E-state index is 0.0640. The first-order valence-electron chi connectivity index (χ1n) is 7.04. The van der Waals surface area contributed by atoms with Gasteiger partial charge in [-0.25, -0.2) is 0 Å². The fourth-order valence-electron chi connectivity index (χ4n) is 2.97. The molecule has 0 radical (unpaired) electrons. The first kappa shape index (κ1) is 13.9. The van der Waals surface area contributed by atoms with E-state index in [4.69, 9.17) is 16.3 Å². The summed E-state index contributed by atoms with van der Waals surface area (Å²) in [6, 6.07) is 7.69. The van der Waals surface area contributed by atoms with Crippen molar-refractivity contribution in [3.63, 3.8) is 0 Å². The zero-order valence-electron chi connectivity index (χ0n) is 11.4. The molecule has 1 N–H and O–H groups in total. The van der Waals surface area contributed by atoms with Gasteiger partial charge in [-0.2, -0.15) is 0 Å². The minimum Gasteiger partial charge on any atom is -0.363 e. The van der Waals surface area contributed by atoms with E-state index in [1.165, 1.54) is 0 Å². The molecule has 20 heavy (non-hydrogen) atoms. The summed E-state index contributed by atoms with van der Waals surface area (Å²) in [5.74, 6) is 0.0640. The average Bonchev–Trinajstić information content (AvgIpc) is 2.44. The van der Waals surface area contributed by atoms with Crippen LogP contribution in [0, 0.1) is 0 Å². The first-order valence-corrected chi connectivity index (χ1v) is 7.42. The summed E-state index contributed by atoms with van der Waals surface area (Å²) < 4.78 is 5.85. The molecule has 4 nitrogen and oxygen atoms in total. The van der Waals surface area contributed by atoms with Crippen molar-refractivity contribution >= 4 is 17.5 Å². The molecule has 3 rings (SSSR count). The van der Waals surface area contributed by atoms with Crippen LogP contribution >= 0.6 is 11.6 Å². The molecule has 0 unspecified atom stereocenters. The highest BCUT2D eigenvalue weighted by atomic mass is 35.5. The molecular formula is C15H19ClN2O2. The Kier molecular flexibility index (Phi) is 3.96. The van der Waals surface area contributed by atoms with E-state index in [0.717, 1.165) is 31.5 Å². The van der Waals surface area contributed by atoms with Gasteiger partial charge in [0.15, 0.2) is 0 Å². The highest BCUT2D eigenvalue weighted by Crippen LogP contribution is 2.28. The highest BCUT2D eigenvalue weighted by Gasteiger charge is 2.40. The van der Waals surface area contributed by atoms with Crippen LogP contribution in [0.25, 0.3) is 0 Å². The van der Waals surface area contributed by atoms with Crippen molar-refractivity contribution in [2.24, 2.45) is 0 Å². The topological polar surface area (TPSA) is 41.6 Å². The zero-order chi connectivity index (χ0) is 14.0. The fraction of sp³-hybridized carbons (Fsp3) is 0.533. The van der Waals surface area contributed by atoms with E-state index in [0.29, 0.717) is 18.1 Å². The van der Waals surface area contributed by atoms with E-state index in [2.05, 4.69) is 5.32 Å². The van der Waals surface area contributed by atoms with Crippen LogP contribution in [0.3, 0.4) is 0 Å². The molecule has 2 aliphatic heterocycles. The second-order valence-electron chi connectivity index (χ2n) is 5.60. The van der Waals surface area contributed by atoms with Gasteiger partial charge in [0.1, 0.15) is 6.61 Å². The minimum atomic E-state index is -0.155. The molecule has 0 bridgehead atoms. The molecule has 1 aromatic rings. The molecule has 2 fully saturated rings. The van der Waals surface area contributed by atoms with E-state index in [1.54, 1.807) is 0 Å². The maximum atomic E-state index is 12.1. The molecule has 2 saturated heterocycles. The van der Waals surface area contributed by atoms with E-state index < -0.39 is 0 Å². The predicted octanol–water partition coefficient (Wildman–Crippen LogP) is 1.82. The quantitative estimate of drug-likeness (QED) is 0.905. The molecule has 2 aliphatic rings. The van der Waals surface area contributed by atoms with Gasteiger partial charge in [-0.05, 0) is 43.6 Å². The van der Waals surface area contributed by atoms with Crippen molar-refractivity contribution < 1.29 is 9.53 Å². The van der Waals surface area contributed by atoms with Gasteiger partial charge >= 0.3 is 0 Å². The van der Waals surface area contributed by atoms with Crippen molar-refractivity contribution in [1.29, 1.82) is 0 Å². The third-order valence-corrected chi connectivity index (χ3v) is 4.35. The van der Waals surface area contributed by atoms with Crippen LogP contribution in [0.4, 0.5) is 0 Å². The Bertz CT molecular complexity index is 500. The number of piperidine rings is 1. The van der Waals surface area contributed by atoms with Crippen molar-refractivity contribution in [2.75, 3.05) is 26.2 Å². The van der Waals surface area contributed by atoms with E-state index in [1.807, 2.05) is 29.2 Å². The summed E-state index contributed by atoms with van der Waals surface area (Å²) in [5, 5.41) is 4.05. The number of nitrogens with one attached hydrogen (secondary N) is 1. The Morgan fingerprint density at radius 2 is 2.15 bits per heavy atom. The third kappa shape index (κ3) is 2.97. The summed E-state index contributed by atoms with van der Waals surface area (Å²) in [4.78, 5) is 14.0. The number of rotatable bonds is 2. The average molecular weight is 295 g/mol. The van der Waals surface area contributed by atoms with Gasteiger partial charge in [-0.15, -0.1) is 0 Å². The van der Waals surface area contributed by atoms with Crippen LogP contribution in [-0.2, 0) is 16.1 Å². The smallest absolute Gasteiger partial charge is 0.248 e. The summed E-state index contributed by atoms with van der Waals surface area (Å²) >= 11 is 6.00. The Morgan fingerprint density at radius 1 is 1.35 bits per heavy atom. The normalized spacial score (nSPS) is 22.2. The molecule has 1 aromatic carbocycles. The Labute approximate surface area is 124 Å². The summed E-state index contributed by atoms with van der Waals surface area (Å²) in [6.45, 7) is 3.40. The zero-order valence-corrected chi connectivity index (χ0v) is 12.2. The van der Waals surface area contributed by atoms with Crippen LogP contribution in [0.5, 0.6) is 0 Å². The van der Waals surface area contributed by atoms with E-state index in [9.17, 15) is 4.79 Å². The van der Waals surface area contributed by atoms with Gasteiger partial charge in [0.05, 0.1) is 12.1 Å². The van der Waals surface area contributed by atoms with Crippen molar-refractivity contribution in [1.82, 2.24) is 10.2 Å². The van der Waals surface area contributed by atoms with Gasteiger partial charge in [-0.3, -0.25) is 4.79 Å². The molecular weight excluding hydrogens is 276 g/mol. The maximum absolute atomic E-state index is 12.1. The molecule has 0 aliphatic carbocycles. The Hall–Kier alpha value is -1.10. The Balaban J connectivity index is 1.72. The number of carbonyl (C=O) groups excluding carboxylic acids is 1. The lowest BCUT2D eigenvalue weighted by atomic mass is 9.90. The number of benzene rings is 1. The number of hydrogen-bond donors (Lipinski definition) is 1. The first-order chi connectivity index (χ1) is 9.67. The summed E-state index contributed by atoms with van der Waals surface area (Å²) in [6.07, 6.45) is 1.93. The third-order valence-electron chi connectivity index (χ3n) is 4.11. The lowest BCUT2D eigenvalue weighted by molar-refractivity contribution is -0.168. The van der Waals surface area contributed by atoms with E-state index in [-0.39, 0.29) is 18.1 Å². The van der Waals surface area contributed by atoms with Crippen LogP contribution in [0.2, 0.25) is 5.02 Å². The van der Waals surface area contributed by atoms with Crippen LogP contribution in [0.1, 0.15) is 18.4 Å². The SMILES string of the molecule is O=C1COC2(CCNCC2)CN1Cc1cccc(Cl)c1. The molecule has 108 valence electrons. The second kappa shape index (κ2) is 5.72. The van der Waals surface area contributed by atoms with Gasteiger partial charge in [0.2, 0.25) is 5.91 Å². The fourth-order valence-corrected chi connectivity index (χ4v) is 3.19. The van der Waals surface area contributed by atoms with Gasteiger partial charge in [0.25, 0.3) is 0 Å². The molecule has 1 spiro atoms. The summed E-state index contributed by atoms with van der Waals surface area (Å²) in [5.41, 5.74) is 0.911. The molecule has 0 aromatic heterocycles. The van der Waals surface area contributed by atoms with Crippen molar-refractivity contribution in [3.05, 3.63) is 34.9 Å². The molecule has 0 saturated carbocycles. The van der Waals surface area contributed by atoms with Crippen molar-refractivity contribution in [3.8, 4) is 0 Å². The number of hydrogen-bond acceptors (Lipinski definition) is 3. The number of halogens is 1. The molecule has 1 amide bonds. The standard InChI is InChI=1S/C15H19ClN2O2/c16-13-3-1-2-12(8-13)9-18-11-15(20-10-14(18)19)4-6-17-7-5-15/h1-3,8,17H,4-7,9-11H2.